The third-order valence-electron chi connectivity index (χ3n) is 3.95. The molecule has 0 unspecified atom stereocenters. The number of likely N-dealkylation sites (N-methyl/N-ethyl adjacent to an activating group) is 1. The third-order valence-corrected chi connectivity index (χ3v) is 4.82. The maximum absolute atomic E-state index is 12.3. The van der Waals surface area contributed by atoms with E-state index in [1.807, 2.05) is 31.4 Å². The molecule has 1 N–H and O–H groups in total. The predicted molar refractivity (Wildman–Crippen MR) is 113 cm³/mol. The summed E-state index contributed by atoms with van der Waals surface area (Å²) >= 11 is 1.54. The fraction of sp³-hybridized carbons (Fsp3) is 0.381. The van der Waals surface area contributed by atoms with E-state index in [0.29, 0.717) is 36.8 Å². The van der Waals surface area contributed by atoms with Crippen LogP contribution in [0.4, 0.5) is 0 Å². The van der Waals surface area contributed by atoms with Crippen molar-refractivity contribution in [1.29, 1.82) is 0 Å². The molecule has 2 amide bonds. The van der Waals surface area contributed by atoms with E-state index in [9.17, 15) is 14.4 Å². The van der Waals surface area contributed by atoms with Gasteiger partial charge in [-0.25, -0.2) is 0 Å². The molecule has 0 aliphatic rings. The van der Waals surface area contributed by atoms with Crippen LogP contribution in [0.3, 0.4) is 0 Å². The number of ether oxygens (including phenoxy) is 3. The van der Waals surface area contributed by atoms with Gasteiger partial charge in [0.05, 0.1) is 19.8 Å². The highest BCUT2D eigenvalue weighted by Crippen LogP contribution is 2.28. The second-order valence-corrected chi connectivity index (χ2v) is 7.23. The van der Waals surface area contributed by atoms with Crippen molar-refractivity contribution in [3.63, 3.8) is 0 Å². The van der Waals surface area contributed by atoms with Gasteiger partial charge in [-0.15, -0.1) is 11.3 Å². The molecule has 2 rings (SSSR count). The van der Waals surface area contributed by atoms with E-state index in [0.717, 1.165) is 4.88 Å². The second-order valence-electron chi connectivity index (χ2n) is 6.20. The number of amides is 2. The first-order valence-electron chi connectivity index (χ1n) is 9.54. The van der Waals surface area contributed by atoms with Crippen LogP contribution in [0.1, 0.15) is 29.1 Å². The van der Waals surface area contributed by atoms with Gasteiger partial charge >= 0.3 is 5.97 Å². The highest BCUT2D eigenvalue weighted by Gasteiger charge is 2.15. The Kier molecular flexibility index (Phi) is 9.14. The second kappa shape index (κ2) is 11.8. The average Bonchev–Trinajstić information content (AvgIpc) is 3.24. The average molecular weight is 435 g/mol. The topological polar surface area (TPSA) is 94.2 Å². The van der Waals surface area contributed by atoms with Crippen LogP contribution in [-0.4, -0.2) is 56.1 Å². The Morgan fingerprint density at radius 2 is 1.80 bits per heavy atom. The van der Waals surface area contributed by atoms with Crippen LogP contribution in [0.25, 0.3) is 0 Å². The molecule has 8 nitrogen and oxygen atoms in total. The van der Waals surface area contributed by atoms with Gasteiger partial charge in [0.1, 0.15) is 6.54 Å². The number of hydrogen-bond acceptors (Lipinski definition) is 7. The number of carbonyl (C=O) groups is 3. The molecule has 0 atom stereocenters. The smallest absolute Gasteiger partial charge is 0.325 e. The SMILES string of the molecule is CCOc1ccc(C(=O)NCC(=O)OCC(=O)N(C)Cc2cccs2)cc1OCC. The minimum Gasteiger partial charge on any atom is -0.490 e. The van der Waals surface area contributed by atoms with Crippen molar-refractivity contribution >= 4 is 29.1 Å². The van der Waals surface area contributed by atoms with Crippen molar-refractivity contribution in [1.82, 2.24) is 10.2 Å². The molecule has 2 aromatic rings. The Labute approximate surface area is 179 Å². The van der Waals surface area contributed by atoms with E-state index in [-0.39, 0.29) is 19.1 Å². The van der Waals surface area contributed by atoms with E-state index < -0.39 is 11.9 Å². The summed E-state index contributed by atoms with van der Waals surface area (Å²) in [5, 5.41) is 4.40. The van der Waals surface area contributed by atoms with E-state index in [2.05, 4.69) is 5.32 Å². The van der Waals surface area contributed by atoms with Crippen molar-refractivity contribution < 1.29 is 28.6 Å². The number of rotatable bonds is 11. The summed E-state index contributed by atoms with van der Waals surface area (Å²) in [6.45, 7) is 4.30. The molecule has 0 bridgehead atoms. The quantitative estimate of drug-likeness (QED) is 0.546. The van der Waals surface area contributed by atoms with Gasteiger partial charge in [-0.2, -0.15) is 0 Å². The van der Waals surface area contributed by atoms with Gasteiger partial charge in [-0.1, -0.05) is 6.07 Å². The molecule has 1 heterocycles. The molecule has 1 aromatic carbocycles. The lowest BCUT2D eigenvalue weighted by Crippen LogP contribution is -2.34. The fourth-order valence-corrected chi connectivity index (χ4v) is 3.23. The first-order chi connectivity index (χ1) is 14.4. The Bertz CT molecular complexity index is 853. The Balaban J connectivity index is 1.80. The van der Waals surface area contributed by atoms with Gasteiger partial charge < -0.3 is 24.4 Å². The van der Waals surface area contributed by atoms with Gasteiger partial charge in [-0.3, -0.25) is 14.4 Å². The van der Waals surface area contributed by atoms with Crippen LogP contribution in [0.15, 0.2) is 35.7 Å². The van der Waals surface area contributed by atoms with Crippen molar-refractivity contribution in [3.05, 3.63) is 46.2 Å². The Morgan fingerprint density at radius 1 is 1.07 bits per heavy atom. The highest BCUT2D eigenvalue weighted by molar-refractivity contribution is 7.09. The molecule has 0 saturated heterocycles. The summed E-state index contributed by atoms with van der Waals surface area (Å²) in [7, 11) is 1.64. The molecular formula is C21H26N2O6S. The maximum Gasteiger partial charge on any atom is 0.325 e. The summed E-state index contributed by atoms with van der Waals surface area (Å²) in [5.41, 5.74) is 0.321. The lowest BCUT2D eigenvalue weighted by atomic mass is 10.2. The zero-order valence-corrected chi connectivity index (χ0v) is 18.1. The van der Waals surface area contributed by atoms with E-state index >= 15 is 0 Å². The van der Waals surface area contributed by atoms with E-state index in [1.165, 1.54) is 4.90 Å². The molecule has 0 spiro atoms. The van der Waals surface area contributed by atoms with Crippen LogP contribution in [0.5, 0.6) is 11.5 Å². The molecule has 0 fully saturated rings. The molecule has 0 saturated carbocycles. The number of carbonyl (C=O) groups excluding carboxylic acids is 3. The van der Waals surface area contributed by atoms with E-state index in [1.54, 1.807) is 36.6 Å². The van der Waals surface area contributed by atoms with Gasteiger partial charge in [0, 0.05) is 17.5 Å². The lowest BCUT2D eigenvalue weighted by molar-refractivity contribution is -0.150. The molecule has 9 heteroatoms. The predicted octanol–water partition coefficient (Wildman–Crippen LogP) is 2.48. The van der Waals surface area contributed by atoms with Crippen LogP contribution in [-0.2, 0) is 20.9 Å². The normalized spacial score (nSPS) is 10.2. The van der Waals surface area contributed by atoms with Gasteiger partial charge in [0.25, 0.3) is 11.8 Å². The Hall–Kier alpha value is -3.07. The number of thiophene rings is 1. The fourth-order valence-electron chi connectivity index (χ4n) is 2.47. The van der Waals surface area contributed by atoms with Crippen molar-refractivity contribution in [3.8, 4) is 11.5 Å². The first-order valence-corrected chi connectivity index (χ1v) is 10.4. The molecule has 162 valence electrons. The lowest BCUT2D eigenvalue weighted by Gasteiger charge is -2.16. The number of hydrogen-bond donors (Lipinski definition) is 1. The zero-order chi connectivity index (χ0) is 21.9. The van der Waals surface area contributed by atoms with Crippen molar-refractivity contribution in [2.45, 2.75) is 20.4 Å². The standard InChI is InChI=1S/C21H26N2O6S/c1-4-27-17-9-8-15(11-18(17)28-5-2)21(26)22-12-20(25)29-14-19(24)23(3)13-16-7-6-10-30-16/h6-11H,4-5,12-14H2,1-3H3,(H,22,26). The number of benzene rings is 1. The minimum atomic E-state index is -0.697. The van der Waals surface area contributed by atoms with Gasteiger partial charge in [0.15, 0.2) is 18.1 Å². The zero-order valence-electron chi connectivity index (χ0n) is 17.3. The number of nitrogens with zero attached hydrogens (tertiary/aromatic N) is 1. The molecule has 30 heavy (non-hydrogen) atoms. The third kappa shape index (κ3) is 7.07. The summed E-state index contributed by atoms with van der Waals surface area (Å²) < 4.78 is 15.9. The Morgan fingerprint density at radius 3 is 2.47 bits per heavy atom. The molecule has 0 radical (unpaired) electrons. The van der Waals surface area contributed by atoms with Gasteiger partial charge in [0.2, 0.25) is 0 Å². The monoisotopic (exact) mass is 434 g/mol. The molecule has 1 aromatic heterocycles. The first kappa shape index (κ1) is 23.2. The summed E-state index contributed by atoms with van der Waals surface area (Å²) in [5.74, 6) is -0.486. The van der Waals surface area contributed by atoms with Crippen LogP contribution < -0.4 is 14.8 Å². The van der Waals surface area contributed by atoms with E-state index in [4.69, 9.17) is 14.2 Å². The van der Waals surface area contributed by atoms with Crippen LogP contribution in [0.2, 0.25) is 0 Å². The number of nitrogens with one attached hydrogen (secondary N) is 1. The molecule has 0 aliphatic heterocycles. The number of esters is 1. The van der Waals surface area contributed by atoms with Crippen molar-refractivity contribution in [2.24, 2.45) is 0 Å². The van der Waals surface area contributed by atoms with Crippen LogP contribution >= 0.6 is 11.3 Å². The molecule has 0 aliphatic carbocycles. The summed E-state index contributed by atoms with van der Waals surface area (Å²) in [6.07, 6.45) is 0. The largest absolute Gasteiger partial charge is 0.490 e. The van der Waals surface area contributed by atoms with Crippen LogP contribution in [0, 0.1) is 0 Å². The maximum atomic E-state index is 12.3. The summed E-state index contributed by atoms with van der Waals surface area (Å²) in [4.78, 5) is 38.8. The van der Waals surface area contributed by atoms with Gasteiger partial charge in [-0.05, 0) is 43.5 Å². The van der Waals surface area contributed by atoms with Crippen molar-refractivity contribution in [2.75, 3.05) is 33.4 Å². The molecular weight excluding hydrogens is 408 g/mol. The summed E-state index contributed by atoms with van der Waals surface area (Å²) in [6, 6.07) is 8.61. The minimum absolute atomic E-state index is 0.321. The highest BCUT2D eigenvalue weighted by atomic mass is 32.1.